The van der Waals surface area contributed by atoms with Crippen LogP contribution in [0.5, 0.6) is 0 Å². The Morgan fingerprint density at radius 1 is 1.38 bits per heavy atom. The first-order valence-electron chi connectivity index (χ1n) is 8.84. The summed E-state index contributed by atoms with van der Waals surface area (Å²) < 4.78 is 44.5. The molecule has 8 nitrogen and oxygen atoms in total. The summed E-state index contributed by atoms with van der Waals surface area (Å²) in [6, 6.07) is 1.38. The second-order valence-electron chi connectivity index (χ2n) is 6.31. The third kappa shape index (κ3) is 6.47. The number of rotatable bonds is 6. The van der Waals surface area contributed by atoms with Crippen molar-refractivity contribution in [2.75, 3.05) is 31.1 Å². The lowest BCUT2D eigenvalue weighted by Crippen LogP contribution is -2.43. The normalized spacial score (nSPS) is 16.7. The van der Waals surface area contributed by atoms with Crippen molar-refractivity contribution < 1.29 is 32.3 Å². The van der Waals surface area contributed by atoms with Gasteiger partial charge in [0.05, 0.1) is 11.5 Å². The lowest BCUT2D eigenvalue weighted by molar-refractivity contribution is -0.152. The summed E-state index contributed by atoms with van der Waals surface area (Å²) in [6.45, 7) is 3.19. The Bertz CT molecular complexity index is 770. The maximum atomic E-state index is 13.2. The Morgan fingerprint density at radius 3 is 2.83 bits per heavy atom. The van der Waals surface area contributed by atoms with Crippen molar-refractivity contribution in [3.05, 3.63) is 36.5 Å². The number of piperidine rings is 1. The van der Waals surface area contributed by atoms with Crippen LogP contribution in [0.2, 0.25) is 0 Å². The molecule has 1 aromatic rings. The highest BCUT2D eigenvalue weighted by atomic mass is 19.4. The summed E-state index contributed by atoms with van der Waals surface area (Å²) in [6.07, 6.45) is -1.02. The first-order valence-corrected chi connectivity index (χ1v) is 8.84. The van der Waals surface area contributed by atoms with E-state index in [-0.39, 0.29) is 18.9 Å². The van der Waals surface area contributed by atoms with Crippen LogP contribution in [0.4, 0.5) is 23.8 Å². The van der Waals surface area contributed by atoms with E-state index >= 15 is 0 Å². The van der Waals surface area contributed by atoms with Gasteiger partial charge in [0.25, 0.3) is 5.91 Å². The van der Waals surface area contributed by atoms with Crippen molar-refractivity contribution in [2.24, 2.45) is 5.92 Å². The number of ether oxygens (including phenoxy) is 1. The molecule has 2 heterocycles. The zero-order valence-electron chi connectivity index (χ0n) is 15.5. The molecule has 29 heavy (non-hydrogen) atoms. The summed E-state index contributed by atoms with van der Waals surface area (Å²) in [5.41, 5.74) is -0.876. The number of urea groups is 1. The minimum atomic E-state index is -4.57. The minimum Gasteiger partial charge on any atom is -0.455 e. The first kappa shape index (κ1) is 22.2. The van der Waals surface area contributed by atoms with Crippen molar-refractivity contribution in [3.8, 4) is 0 Å². The number of carbonyl (C=O) groups is 3. The number of hydrogen-bond donors (Lipinski definition) is 2. The van der Waals surface area contributed by atoms with Crippen molar-refractivity contribution in [1.29, 1.82) is 0 Å². The molecule has 1 atom stereocenters. The fourth-order valence-corrected chi connectivity index (χ4v) is 2.86. The van der Waals surface area contributed by atoms with Crippen molar-refractivity contribution in [1.82, 2.24) is 15.6 Å². The number of hydrogen-bond acceptors (Lipinski definition) is 6. The maximum Gasteiger partial charge on any atom is 0.419 e. The van der Waals surface area contributed by atoms with Gasteiger partial charge in [0, 0.05) is 25.8 Å². The Hall–Kier alpha value is -3.11. The molecule has 1 saturated heterocycles. The molecule has 1 aromatic heterocycles. The number of alkyl halides is 3. The van der Waals surface area contributed by atoms with Crippen molar-refractivity contribution in [3.63, 3.8) is 0 Å². The molecule has 158 valence electrons. The van der Waals surface area contributed by atoms with Gasteiger partial charge in [-0.15, -0.1) is 6.58 Å². The fraction of sp³-hybridized carbons (Fsp3) is 0.444. The predicted octanol–water partition coefficient (Wildman–Crippen LogP) is 1.87. The number of amides is 3. The van der Waals surface area contributed by atoms with Crippen LogP contribution < -0.4 is 15.5 Å². The van der Waals surface area contributed by atoms with E-state index in [1.54, 1.807) is 0 Å². The number of nitrogens with zero attached hydrogens (tertiary/aromatic N) is 2. The smallest absolute Gasteiger partial charge is 0.419 e. The second-order valence-corrected chi connectivity index (χ2v) is 6.31. The first-order chi connectivity index (χ1) is 13.7. The van der Waals surface area contributed by atoms with Crippen LogP contribution in [0.1, 0.15) is 18.4 Å². The molecule has 2 N–H and O–H groups in total. The monoisotopic (exact) mass is 414 g/mol. The summed E-state index contributed by atoms with van der Waals surface area (Å²) in [5.74, 6) is -2.50. The number of halogens is 3. The van der Waals surface area contributed by atoms with Gasteiger partial charge in [0.2, 0.25) is 0 Å². The standard InChI is InChI=1S/C18H21F3N4O4/c1-2-7-23-17(28)24-14(26)11-29-16(27)12-5-4-9-25(10-12)15-13(18(19,20)21)6-3-8-22-15/h2-3,6,8,12H,1,4-5,7,9-11H2,(H2,23,24,26,28). The molecule has 1 aliphatic rings. The van der Waals surface area contributed by atoms with Crippen LogP contribution in [0.15, 0.2) is 31.0 Å². The maximum absolute atomic E-state index is 13.2. The molecule has 3 amide bonds. The molecule has 0 spiro atoms. The number of aromatic nitrogens is 1. The molecular weight excluding hydrogens is 393 g/mol. The van der Waals surface area contributed by atoms with Crippen LogP contribution in [0, 0.1) is 5.92 Å². The van der Waals surface area contributed by atoms with E-state index in [0.29, 0.717) is 19.4 Å². The van der Waals surface area contributed by atoms with E-state index in [4.69, 9.17) is 4.74 Å². The van der Waals surface area contributed by atoms with Gasteiger partial charge in [0.15, 0.2) is 6.61 Å². The van der Waals surface area contributed by atoms with E-state index in [2.05, 4.69) is 16.9 Å². The SMILES string of the molecule is C=CCNC(=O)NC(=O)COC(=O)C1CCCN(c2ncccc2C(F)(F)F)C1. The third-order valence-electron chi connectivity index (χ3n) is 4.15. The van der Waals surface area contributed by atoms with Gasteiger partial charge in [-0.1, -0.05) is 6.08 Å². The molecule has 0 saturated carbocycles. The van der Waals surface area contributed by atoms with E-state index in [1.807, 2.05) is 5.32 Å². The lowest BCUT2D eigenvalue weighted by atomic mass is 9.98. The van der Waals surface area contributed by atoms with Gasteiger partial charge >= 0.3 is 18.2 Å². The Kier molecular flexibility index (Phi) is 7.57. The molecule has 0 radical (unpaired) electrons. The van der Waals surface area contributed by atoms with Crippen LogP contribution in [0.25, 0.3) is 0 Å². The van der Waals surface area contributed by atoms with Crippen LogP contribution in [-0.2, 0) is 20.5 Å². The molecule has 0 aliphatic carbocycles. The highest BCUT2D eigenvalue weighted by Gasteiger charge is 2.37. The molecule has 1 fully saturated rings. The topological polar surface area (TPSA) is 101 Å². The highest BCUT2D eigenvalue weighted by molar-refractivity contribution is 5.95. The zero-order chi connectivity index (χ0) is 21.4. The van der Waals surface area contributed by atoms with E-state index in [9.17, 15) is 27.6 Å². The molecule has 0 aromatic carbocycles. The van der Waals surface area contributed by atoms with E-state index in [1.165, 1.54) is 23.2 Å². The number of anilines is 1. The Labute approximate surface area is 165 Å². The molecule has 2 rings (SSSR count). The van der Waals surface area contributed by atoms with E-state index in [0.717, 1.165) is 6.07 Å². The summed E-state index contributed by atoms with van der Waals surface area (Å²) in [7, 11) is 0. The fourth-order valence-electron chi connectivity index (χ4n) is 2.86. The predicted molar refractivity (Wildman–Crippen MR) is 96.9 cm³/mol. The number of esters is 1. The number of imide groups is 1. The highest BCUT2D eigenvalue weighted by Crippen LogP contribution is 2.36. The van der Waals surface area contributed by atoms with E-state index < -0.39 is 42.2 Å². The lowest BCUT2D eigenvalue weighted by Gasteiger charge is -2.33. The van der Waals surface area contributed by atoms with Crippen LogP contribution >= 0.6 is 0 Å². The van der Waals surface area contributed by atoms with Crippen LogP contribution in [0.3, 0.4) is 0 Å². The van der Waals surface area contributed by atoms with Gasteiger partial charge in [-0.3, -0.25) is 14.9 Å². The van der Waals surface area contributed by atoms with Gasteiger partial charge in [-0.2, -0.15) is 13.2 Å². The summed E-state index contributed by atoms with van der Waals surface area (Å²) in [5, 5.41) is 4.29. The number of nitrogens with one attached hydrogen (secondary N) is 2. The zero-order valence-corrected chi connectivity index (χ0v) is 15.5. The molecular formula is C18H21F3N4O4. The van der Waals surface area contributed by atoms with Crippen molar-refractivity contribution in [2.45, 2.75) is 19.0 Å². The van der Waals surface area contributed by atoms with Gasteiger partial charge in [-0.25, -0.2) is 9.78 Å². The van der Waals surface area contributed by atoms with Gasteiger partial charge in [-0.05, 0) is 25.0 Å². The molecule has 11 heteroatoms. The summed E-state index contributed by atoms with van der Waals surface area (Å²) >= 11 is 0. The van der Waals surface area contributed by atoms with Crippen molar-refractivity contribution >= 4 is 23.7 Å². The summed E-state index contributed by atoms with van der Waals surface area (Å²) in [4.78, 5) is 40.4. The quantitative estimate of drug-likeness (QED) is 0.545. The Balaban J connectivity index is 1.92. The molecule has 0 bridgehead atoms. The largest absolute Gasteiger partial charge is 0.455 e. The Morgan fingerprint density at radius 2 is 2.14 bits per heavy atom. The van der Waals surface area contributed by atoms with Gasteiger partial charge in [0.1, 0.15) is 5.82 Å². The second kappa shape index (κ2) is 9.89. The average molecular weight is 414 g/mol. The van der Waals surface area contributed by atoms with Gasteiger partial charge < -0.3 is 15.0 Å². The molecule has 1 unspecified atom stereocenters. The minimum absolute atomic E-state index is 0.0135. The van der Waals surface area contributed by atoms with Crippen LogP contribution in [-0.4, -0.2) is 49.1 Å². The third-order valence-corrected chi connectivity index (χ3v) is 4.15. The number of pyridine rings is 1. The molecule has 1 aliphatic heterocycles. The number of carbonyl (C=O) groups excluding carboxylic acids is 3. The average Bonchev–Trinajstić information content (AvgIpc) is 2.70.